The van der Waals surface area contributed by atoms with Crippen molar-refractivity contribution in [1.29, 1.82) is 0 Å². The van der Waals surface area contributed by atoms with Gasteiger partial charge in [-0.1, -0.05) is 0 Å². The number of carbonyl (C=O) groups excluding carboxylic acids is 1. The van der Waals surface area contributed by atoms with Gasteiger partial charge in [0.2, 0.25) is 0 Å². The second-order valence-corrected chi connectivity index (χ2v) is 5.78. The lowest BCUT2D eigenvalue weighted by Crippen LogP contribution is -2.48. The predicted molar refractivity (Wildman–Crippen MR) is 66.2 cm³/mol. The Morgan fingerprint density at radius 2 is 1.89 bits per heavy atom. The van der Waals surface area contributed by atoms with Crippen molar-refractivity contribution >= 4 is 12.1 Å². The minimum Gasteiger partial charge on any atom is -0.480 e. The molecule has 1 fully saturated rings. The third-order valence-electron chi connectivity index (χ3n) is 2.96. The van der Waals surface area contributed by atoms with Crippen LogP contribution >= 0.6 is 0 Å². The molecule has 1 heterocycles. The van der Waals surface area contributed by atoms with E-state index in [0.717, 1.165) is 0 Å². The Labute approximate surface area is 107 Å². The van der Waals surface area contributed by atoms with Gasteiger partial charge in [0.25, 0.3) is 0 Å². The summed E-state index contributed by atoms with van der Waals surface area (Å²) < 4.78 is 5.26. The number of likely N-dealkylation sites (tertiary alicyclic amines) is 1. The third-order valence-corrected chi connectivity index (χ3v) is 2.96. The molecule has 0 saturated carbocycles. The van der Waals surface area contributed by atoms with Gasteiger partial charge in [0, 0.05) is 13.1 Å². The van der Waals surface area contributed by atoms with Crippen LogP contribution in [0.15, 0.2) is 0 Å². The molecule has 1 atom stereocenters. The maximum absolute atomic E-state index is 11.9. The predicted octanol–water partition coefficient (Wildman–Crippen LogP) is 1.19. The Balaban J connectivity index is 2.62. The molecule has 0 radical (unpaired) electrons. The second-order valence-electron chi connectivity index (χ2n) is 5.78. The van der Waals surface area contributed by atoms with Crippen LogP contribution in [0.3, 0.4) is 0 Å². The molecule has 6 nitrogen and oxygen atoms in total. The highest BCUT2D eigenvalue weighted by Crippen LogP contribution is 2.21. The molecule has 0 aliphatic carbocycles. The van der Waals surface area contributed by atoms with E-state index in [0.29, 0.717) is 25.9 Å². The minimum absolute atomic E-state index is 0.252. The standard InChI is InChI=1S/C12H22N2O4/c1-11(2,3)18-10(17)14-7-4-5-12(13,6-8-14)9(15)16/h4-8,13H2,1-3H3,(H,15,16)/t12-/m1/s1. The number of ether oxygens (including phenoxy) is 1. The fourth-order valence-electron chi connectivity index (χ4n) is 1.88. The van der Waals surface area contributed by atoms with Gasteiger partial charge in [-0.05, 0) is 40.0 Å². The van der Waals surface area contributed by atoms with Crippen LogP contribution in [0.2, 0.25) is 0 Å². The third kappa shape index (κ3) is 3.87. The zero-order chi connectivity index (χ0) is 14.0. The summed E-state index contributed by atoms with van der Waals surface area (Å²) in [5, 5.41) is 9.07. The lowest BCUT2D eigenvalue weighted by atomic mass is 9.92. The average Bonchev–Trinajstić information content (AvgIpc) is 2.38. The highest BCUT2D eigenvalue weighted by molar-refractivity contribution is 5.78. The Hall–Kier alpha value is -1.30. The average molecular weight is 258 g/mol. The van der Waals surface area contributed by atoms with Gasteiger partial charge in [-0.25, -0.2) is 4.79 Å². The van der Waals surface area contributed by atoms with Crippen molar-refractivity contribution in [3.05, 3.63) is 0 Å². The topological polar surface area (TPSA) is 92.9 Å². The summed E-state index contributed by atoms with van der Waals surface area (Å²) in [6.07, 6.45) is 0.794. The molecule has 0 spiro atoms. The van der Waals surface area contributed by atoms with Crippen molar-refractivity contribution in [3.8, 4) is 0 Å². The highest BCUT2D eigenvalue weighted by atomic mass is 16.6. The Morgan fingerprint density at radius 3 is 2.39 bits per heavy atom. The Kier molecular flexibility index (Phi) is 4.21. The lowest BCUT2D eigenvalue weighted by molar-refractivity contribution is -0.143. The van der Waals surface area contributed by atoms with Crippen molar-refractivity contribution in [2.75, 3.05) is 13.1 Å². The molecule has 1 saturated heterocycles. The fraction of sp³-hybridized carbons (Fsp3) is 0.833. The number of hydrogen-bond acceptors (Lipinski definition) is 4. The number of nitrogens with zero attached hydrogens (tertiary/aromatic N) is 1. The quantitative estimate of drug-likeness (QED) is 0.737. The zero-order valence-corrected chi connectivity index (χ0v) is 11.2. The van der Waals surface area contributed by atoms with E-state index in [4.69, 9.17) is 15.6 Å². The van der Waals surface area contributed by atoms with Crippen molar-refractivity contribution in [2.45, 2.75) is 51.2 Å². The first-order valence-corrected chi connectivity index (χ1v) is 6.14. The Morgan fingerprint density at radius 1 is 1.28 bits per heavy atom. The number of rotatable bonds is 1. The number of aliphatic carboxylic acids is 1. The molecule has 1 rings (SSSR count). The van der Waals surface area contributed by atoms with Gasteiger partial charge in [0.1, 0.15) is 11.1 Å². The lowest BCUT2D eigenvalue weighted by Gasteiger charge is -2.27. The van der Waals surface area contributed by atoms with Crippen LogP contribution in [-0.2, 0) is 9.53 Å². The molecule has 0 aromatic rings. The van der Waals surface area contributed by atoms with E-state index in [-0.39, 0.29) is 6.42 Å². The van der Waals surface area contributed by atoms with Gasteiger partial charge >= 0.3 is 12.1 Å². The van der Waals surface area contributed by atoms with Crippen LogP contribution in [0, 0.1) is 0 Å². The number of hydrogen-bond donors (Lipinski definition) is 2. The SMILES string of the molecule is CC(C)(C)OC(=O)N1CCC[C@](N)(C(=O)O)CC1. The first kappa shape index (κ1) is 14.8. The van der Waals surface area contributed by atoms with E-state index in [1.807, 2.05) is 0 Å². The van der Waals surface area contributed by atoms with E-state index >= 15 is 0 Å². The highest BCUT2D eigenvalue weighted by Gasteiger charge is 2.37. The minimum atomic E-state index is -1.23. The first-order chi connectivity index (χ1) is 8.14. The molecule has 0 unspecified atom stereocenters. The molecule has 1 aliphatic heterocycles. The van der Waals surface area contributed by atoms with Crippen molar-refractivity contribution in [1.82, 2.24) is 4.90 Å². The van der Waals surface area contributed by atoms with E-state index in [1.54, 1.807) is 20.8 Å². The summed E-state index contributed by atoms with van der Waals surface area (Å²) >= 11 is 0. The number of carboxylic acid groups (broad SMARTS) is 1. The molecule has 1 aliphatic rings. The summed E-state index contributed by atoms with van der Waals surface area (Å²) in [5.74, 6) is -1.01. The van der Waals surface area contributed by atoms with E-state index in [2.05, 4.69) is 0 Å². The van der Waals surface area contributed by atoms with Crippen LogP contribution in [0.5, 0.6) is 0 Å². The van der Waals surface area contributed by atoms with Crippen LogP contribution in [0.25, 0.3) is 0 Å². The molecule has 6 heteroatoms. The smallest absolute Gasteiger partial charge is 0.410 e. The summed E-state index contributed by atoms with van der Waals surface area (Å²) in [5.41, 5.74) is 4.04. The number of nitrogens with two attached hydrogens (primary N) is 1. The normalized spacial score (nSPS) is 25.4. The summed E-state index contributed by atoms with van der Waals surface area (Å²) in [7, 11) is 0. The van der Waals surface area contributed by atoms with Gasteiger partial charge in [-0.3, -0.25) is 4.79 Å². The number of carboxylic acids is 1. The van der Waals surface area contributed by atoms with Crippen molar-refractivity contribution < 1.29 is 19.4 Å². The molecule has 104 valence electrons. The van der Waals surface area contributed by atoms with Crippen LogP contribution < -0.4 is 5.73 Å². The maximum atomic E-state index is 11.9. The van der Waals surface area contributed by atoms with Crippen LogP contribution in [-0.4, -0.2) is 46.3 Å². The summed E-state index contributed by atoms with van der Waals surface area (Å²) in [4.78, 5) is 24.5. The largest absolute Gasteiger partial charge is 0.480 e. The molecule has 18 heavy (non-hydrogen) atoms. The fourth-order valence-corrected chi connectivity index (χ4v) is 1.88. The number of amides is 1. The van der Waals surface area contributed by atoms with Crippen LogP contribution in [0.4, 0.5) is 4.79 Å². The summed E-state index contributed by atoms with van der Waals surface area (Å²) in [6.45, 7) is 6.20. The van der Waals surface area contributed by atoms with Gasteiger partial charge in [-0.2, -0.15) is 0 Å². The van der Waals surface area contributed by atoms with E-state index < -0.39 is 23.2 Å². The van der Waals surface area contributed by atoms with Gasteiger partial charge in [-0.15, -0.1) is 0 Å². The van der Waals surface area contributed by atoms with Gasteiger partial charge < -0.3 is 20.5 Å². The van der Waals surface area contributed by atoms with Gasteiger partial charge in [0.15, 0.2) is 0 Å². The van der Waals surface area contributed by atoms with Crippen molar-refractivity contribution in [2.24, 2.45) is 5.73 Å². The van der Waals surface area contributed by atoms with Crippen molar-refractivity contribution in [3.63, 3.8) is 0 Å². The summed E-state index contributed by atoms with van der Waals surface area (Å²) in [6, 6.07) is 0. The zero-order valence-electron chi connectivity index (χ0n) is 11.2. The Bertz CT molecular complexity index is 337. The molecule has 0 aromatic heterocycles. The number of carbonyl (C=O) groups is 2. The molecular formula is C12H22N2O4. The molecule has 0 aromatic carbocycles. The molecule has 1 amide bonds. The van der Waals surface area contributed by atoms with Crippen LogP contribution in [0.1, 0.15) is 40.0 Å². The molecule has 0 bridgehead atoms. The van der Waals surface area contributed by atoms with E-state index in [9.17, 15) is 9.59 Å². The maximum Gasteiger partial charge on any atom is 0.410 e. The second kappa shape index (κ2) is 5.14. The monoisotopic (exact) mass is 258 g/mol. The molecule has 3 N–H and O–H groups in total. The van der Waals surface area contributed by atoms with Gasteiger partial charge in [0.05, 0.1) is 0 Å². The van der Waals surface area contributed by atoms with E-state index in [1.165, 1.54) is 4.90 Å². The molecular weight excluding hydrogens is 236 g/mol. The first-order valence-electron chi connectivity index (χ1n) is 6.14.